The molecule has 0 radical (unpaired) electrons. The van der Waals surface area contributed by atoms with Crippen molar-refractivity contribution in [2.75, 3.05) is 14.1 Å². The van der Waals surface area contributed by atoms with E-state index in [-0.39, 0.29) is 5.75 Å². The monoisotopic (exact) mass is 244 g/mol. The molecular formula is C12H18F2N2O. The van der Waals surface area contributed by atoms with Gasteiger partial charge in [0.15, 0.2) is 0 Å². The van der Waals surface area contributed by atoms with Crippen molar-refractivity contribution in [3.63, 3.8) is 0 Å². The third-order valence-electron chi connectivity index (χ3n) is 2.64. The summed E-state index contributed by atoms with van der Waals surface area (Å²) in [6.45, 7) is 1.75. The van der Waals surface area contributed by atoms with Crippen molar-refractivity contribution in [1.82, 2.24) is 4.90 Å². The van der Waals surface area contributed by atoms with Gasteiger partial charge in [0.25, 0.3) is 6.43 Å². The largest absolute Gasteiger partial charge is 0.508 e. The number of nitrogens with zero attached hydrogens (tertiary/aromatic N) is 1. The summed E-state index contributed by atoms with van der Waals surface area (Å²) in [4.78, 5) is 1.84. The number of phenols is 1. The van der Waals surface area contributed by atoms with Crippen LogP contribution in [0.2, 0.25) is 0 Å². The van der Waals surface area contributed by atoms with Crippen LogP contribution in [0.4, 0.5) is 8.78 Å². The van der Waals surface area contributed by atoms with Gasteiger partial charge in [0.2, 0.25) is 0 Å². The summed E-state index contributed by atoms with van der Waals surface area (Å²) in [6.07, 6.45) is -2.65. The van der Waals surface area contributed by atoms with E-state index < -0.39 is 12.0 Å². The molecule has 0 heterocycles. The van der Waals surface area contributed by atoms with Crippen LogP contribution in [0.1, 0.15) is 18.1 Å². The van der Waals surface area contributed by atoms with E-state index in [1.165, 1.54) is 25.1 Å². The second-order valence-electron chi connectivity index (χ2n) is 4.66. The summed E-state index contributed by atoms with van der Waals surface area (Å²) in [6, 6.07) is 4.36. The van der Waals surface area contributed by atoms with Crippen LogP contribution in [0.15, 0.2) is 18.2 Å². The molecule has 0 bridgehead atoms. The summed E-state index contributed by atoms with van der Waals surface area (Å²) in [7, 11) is 3.67. The van der Waals surface area contributed by atoms with Crippen molar-refractivity contribution in [2.24, 2.45) is 5.73 Å². The Balaban J connectivity index is 3.12. The number of hydrogen-bond acceptors (Lipinski definition) is 3. The first-order valence-electron chi connectivity index (χ1n) is 5.29. The van der Waals surface area contributed by atoms with Crippen LogP contribution in [0, 0.1) is 0 Å². The predicted molar refractivity (Wildman–Crippen MR) is 63.0 cm³/mol. The van der Waals surface area contributed by atoms with Gasteiger partial charge in [-0.2, -0.15) is 0 Å². The highest BCUT2D eigenvalue weighted by molar-refractivity contribution is 5.39. The molecule has 1 atom stereocenters. The molecule has 0 spiro atoms. The number of halogens is 2. The molecule has 96 valence electrons. The third-order valence-corrected chi connectivity index (χ3v) is 2.64. The van der Waals surface area contributed by atoms with Gasteiger partial charge in [-0.05, 0) is 38.7 Å². The van der Waals surface area contributed by atoms with Gasteiger partial charge in [0.05, 0.1) is 5.54 Å². The highest BCUT2D eigenvalue weighted by Gasteiger charge is 2.32. The van der Waals surface area contributed by atoms with Crippen molar-refractivity contribution in [1.29, 1.82) is 0 Å². The molecule has 0 saturated heterocycles. The summed E-state index contributed by atoms with van der Waals surface area (Å²) in [5.41, 5.74) is 4.79. The molecule has 5 heteroatoms. The maximum absolute atomic E-state index is 12.8. The second-order valence-corrected chi connectivity index (χ2v) is 4.66. The first-order chi connectivity index (χ1) is 7.75. The fourth-order valence-electron chi connectivity index (χ4n) is 1.51. The number of hydrogen-bond donors (Lipinski definition) is 2. The van der Waals surface area contributed by atoms with E-state index in [4.69, 9.17) is 5.73 Å². The lowest BCUT2D eigenvalue weighted by Gasteiger charge is -2.25. The average Bonchev–Trinajstić information content (AvgIpc) is 2.20. The molecule has 0 amide bonds. The van der Waals surface area contributed by atoms with E-state index in [1.54, 1.807) is 0 Å². The van der Waals surface area contributed by atoms with Gasteiger partial charge in [0.1, 0.15) is 5.75 Å². The summed E-state index contributed by atoms with van der Waals surface area (Å²) < 4.78 is 25.6. The number of phenolic OH excluding ortho intramolecular Hbond substituents is 1. The zero-order valence-electron chi connectivity index (χ0n) is 10.2. The number of nitrogens with two attached hydrogens (primary N) is 1. The topological polar surface area (TPSA) is 49.5 Å². The second kappa shape index (κ2) is 4.98. The number of rotatable bonds is 4. The molecule has 0 aliphatic heterocycles. The van der Waals surface area contributed by atoms with Gasteiger partial charge in [-0.1, -0.05) is 6.07 Å². The minimum Gasteiger partial charge on any atom is -0.508 e. The van der Waals surface area contributed by atoms with Crippen LogP contribution in [0.5, 0.6) is 5.75 Å². The van der Waals surface area contributed by atoms with E-state index in [0.717, 1.165) is 0 Å². The number of alkyl halides is 2. The van der Waals surface area contributed by atoms with E-state index >= 15 is 0 Å². The summed E-state index contributed by atoms with van der Waals surface area (Å²) in [5, 5.41) is 9.63. The normalized spacial score (nSPS) is 15.3. The molecule has 3 N–H and O–H groups in total. The minimum absolute atomic E-state index is 0.0903. The van der Waals surface area contributed by atoms with Crippen molar-refractivity contribution in [3.05, 3.63) is 29.3 Å². The molecule has 1 aromatic carbocycles. The van der Waals surface area contributed by atoms with Crippen molar-refractivity contribution < 1.29 is 13.9 Å². The minimum atomic E-state index is -2.65. The van der Waals surface area contributed by atoms with Crippen LogP contribution < -0.4 is 5.73 Å². The number of aromatic hydroxyl groups is 1. The molecule has 0 aromatic heterocycles. The smallest absolute Gasteiger partial charge is 0.260 e. The molecule has 1 aromatic rings. The Hall–Kier alpha value is -1.20. The molecule has 17 heavy (non-hydrogen) atoms. The third kappa shape index (κ3) is 3.14. The van der Waals surface area contributed by atoms with Gasteiger partial charge in [-0.15, -0.1) is 0 Å². The Kier molecular flexibility index (Phi) is 4.06. The molecule has 0 aliphatic carbocycles. The Labute approximate surface area is 99.8 Å². The van der Waals surface area contributed by atoms with Gasteiger partial charge < -0.3 is 15.7 Å². The zero-order valence-corrected chi connectivity index (χ0v) is 10.2. The standard InChI is InChI=1S/C12H18F2N2O/c1-12(15,11(13)14)9-4-5-10(17)8(6-9)7-16(2)3/h4-6,11,17H,7,15H2,1-3H3. The predicted octanol–water partition coefficient (Wildman–Crippen LogP) is 1.89. The molecule has 0 aliphatic rings. The van der Waals surface area contributed by atoms with Gasteiger partial charge >= 0.3 is 0 Å². The molecule has 3 nitrogen and oxygen atoms in total. The highest BCUT2D eigenvalue weighted by atomic mass is 19.3. The first kappa shape index (κ1) is 13.9. The molecular weight excluding hydrogens is 226 g/mol. The lowest BCUT2D eigenvalue weighted by atomic mass is 9.92. The lowest BCUT2D eigenvalue weighted by molar-refractivity contribution is 0.0624. The molecule has 1 rings (SSSR count). The quantitative estimate of drug-likeness (QED) is 0.850. The van der Waals surface area contributed by atoms with E-state index in [0.29, 0.717) is 17.7 Å². The maximum atomic E-state index is 12.8. The van der Waals surface area contributed by atoms with Gasteiger partial charge in [-0.25, -0.2) is 8.78 Å². The Morgan fingerprint density at radius 2 is 2.00 bits per heavy atom. The van der Waals surface area contributed by atoms with Crippen molar-refractivity contribution in [3.8, 4) is 5.75 Å². The lowest BCUT2D eigenvalue weighted by Crippen LogP contribution is -2.40. The Morgan fingerprint density at radius 1 is 1.41 bits per heavy atom. The fourth-order valence-corrected chi connectivity index (χ4v) is 1.51. The molecule has 1 unspecified atom stereocenters. The molecule has 0 saturated carbocycles. The van der Waals surface area contributed by atoms with Crippen molar-refractivity contribution >= 4 is 0 Å². The van der Waals surface area contributed by atoms with Crippen LogP contribution in [0.3, 0.4) is 0 Å². The van der Waals surface area contributed by atoms with E-state index in [1.807, 2.05) is 19.0 Å². The van der Waals surface area contributed by atoms with Gasteiger partial charge in [-0.3, -0.25) is 0 Å². The zero-order chi connectivity index (χ0) is 13.2. The van der Waals surface area contributed by atoms with Crippen molar-refractivity contribution in [2.45, 2.75) is 25.4 Å². The van der Waals surface area contributed by atoms with E-state index in [9.17, 15) is 13.9 Å². The van der Waals surface area contributed by atoms with E-state index in [2.05, 4.69) is 0 Å². The summed E-state index contributed by atoms with van der Waals surface area (Å²) in [5.74, 6) is 0.0903. The van der Waals surface area contributed by atoms with Gasteiger partial charge in [0, 0.05) is 12.1 Å². The van der Waals surface area contributed by atoms with Crippen LogP contribution in [-0.4, -0.2) is 30.5 Å². The number of benzene rings is 1. The Bertz CT molecular complexity index is 392. The fraction of sp³-hybridized carbons (Fsp3) is 0.500. The Morgan fingerprint density at radius 3 is 2.47 bits per heavy atom. The average molecular weight is 244 g/mol. The van der Waals surface area contributed by atoms with Crippen LogP contribution in [-0.2, 0) is 12.1 Å². The SMILES string of the molecule is CN(C)Cc1cc(C(C)(N)C(F)F)ccc1O. The summed E-state index contributed by atoms with van der Waals surface area (Å²) >= 11 is 0. The first-order valence-corrected chi connectivity index (χ1v) is 5.29. The van der Waals surface area contributed by atoms with Crippen LogP contribution in [0.25, 0.3) is 0 Å². The maximum Gasteiger partial charge on any atom is 0.260 e. The highest BCUT2D eigenvalue weighted by Crippen LogP contribution is 2.29. The molecule has 0 fully saturated rings. The van der Waals surface area contributed by atoms with Crippen LogP contribution >= 0.6 is 0 Å².